The third-order valence-electron chi connectivity index (χ3n) is 4.64. The Bertz CT molecular complexity index is 978. The molecule has 1 aromatic carbocycles. The van der Waals surface area contributed by atoms with Crippen molar-refractivity contribution in [2.75, 3.05) is 12.4 Å². The van der Waals surface area contributed by atoms with Gasteiger partial charge in [-0.15, -0.1) is 5.10 Å². The molecule has 0 amide bonds. The van der Waals surface area contributed by atoms with E-state index in [2.05, 4.69) is 34.2 Å². The zero-order valence-electron chi connectivity index (χ0n) is 15.6. The van der Waals surface area contributed by atoms with Crippen LogP contribution in [-0.2, 0) is 6.42 Å². The number of aromatic nitrogens is 4. The van der Waals surface area contributed by atoms with Crippen molar-refractivity contribution in [1.82, 2.24) is 19.7 Å². The van der Waals surface area contributed by atoms with Gasteiger partial charge < -0.3 is 10.1 Å². The van der Waals surface area contributed by atoms with Crippen LogP contribution in [0.4, 0.5) is 11.5 Å². The van der Waals surface area contributed by atoms with Crippen LogP contribution in [0.5, 0.6) is 5.75 Å². The van der Waals surface area contributed by atoms with E-state index in [1.165, 1.54) is 0 Å². The Labute approximate surface area is 157 Å². The number of carbonyl (C=O) groups excluding carboxylic acids is 1. The fourth-order valence-corrected chi connectivity index (χ4v) is 3.41. The minimum atomic E-state index is -0.131. The minimum absolute atomic E-state index is 0.0828. The third-order valence-corrected chi connectivity index (χ3v) is 4.64. The number of anilines is 2. The van der Waals surface area contributed by atoms with E-state index in [1.807, 2.05) is 24.3 Å². The Hall–Kier alpha value is -3.22. The van der Waals surface area contributed by atoms with E-state index in [-0.39, 0.29) is 11.2 Å². The second kappa shape index (κ2) is 6.50. The van der Waals surface area contributed by atoms with Crippen LogP contribution in [0.1, 0.15) is 36.3 Å². The van der Waals surface area contributed by atoms with E-state index < -0.39 is 0 Å². The Balaban J connectivity index is 1.80. The predicted molar refractivity (Wildman–Crippen MR) is 102 cm³/mol. The van der Waals surface area contributed by atoms with Gasteiger partial charge in [0.2, 0.25) is 0 Å². The molecule has 7 nitrogen and oxygen atoms in total. The van der Waals surface area contributed by atoms with Gasteiger partial charge >= 0.3 is 0 Å². The minimum Gasteiger partial charge on any atom is -0.497 e. The lowest BCUT2D eigenvalue weighted by Crippen LogP contribution is -2.28. The Kier molecular flexibility index (Phi) is 4.14. The molecular weight excluding hydrogens is 342 g/mol. The van der Waals surface area contributed by atoms with Crippen LogP contribution < -0.4 is 10.1 Å². The van der Waals surface area contributed by atoms with Crippen LogP contribution >= 0.6 is 0 Å². The van der Waals surface area contributed by atoms with Crippen LogP contribution in [0, 0.1) is 5.41 Å². The molecule has 27 heavy (non-hydrogen) atoms. The smallest absolute Gasteiger partial charge is 0.250 e. The number of fused-ring (bicyclic) bond motifs is 1. The monoisotopic (exact) mass is 363 g/mol. The predicted octanol–water partition coefficient (Wildman–Crippen LogP) is 3.57. The highest BCUT2D eigenvalue weighted by Crippen LogP contribution is 2.39. The van der Waals surface area contributed by atoms with E-state index in [1.54, 1.807) is 30.3 Å². The maximum absolute atomic E-state index is 12.9. The number of hydrogen-bond acceptors (Lipinski definition) is 6. The number of carbonyl (C=O) groups is 1. The molecule has 0 bridgehead atoms. The molecule has 7 heteroatoms. The number of nitrogens with zero attached hydrogens (tertiary/aromatic N) is 4. The molecule has 0 unspecified atom stereocenters. The molecule has 0 atom stereocenters. The molecule has 2 heterocycles. The summed E-state index contributed by atoms with van der Waals surface area (Å²) in [5, 5.41) is 7.91. The van der Waals surface area contributed by atoms with Crippen molar-refractivity contribution < 1.29 is 9.53 Å². The maximum atomic E-state index is 12.9. The molecule has 1 aliphatic carbocycles. The standard InChI is InChI=1S/C20H21N5O2/c1-20(2)11-15-17(16(26)12-20)18(23-13-5-7-14(27-3)8-6-13)24-25(15)19-21-9-4-10-22-19/h4-10H,11-12H2,1-3H3,(H,23,24). The molecule has 2 aromatic heterocycles. The number of nitrogens with one attached hydrogen (secondary N) is 1. The summed E-state index contributed by atoms with van der Waals surface area (Å²) in [5.74, 6) is 1.84. The second-order valence-electron chi connectivity index (χ2n) is 7.43. The average Bonchev–Trinajstić information content (AvgIpc) is 3.00. The lowest BCUT2D eigenvalue weighted by atomic mass is 9.76. The summed E-state index contributed by atoms with van der Waals surface area (Å²) in [6.45, 7) is 4.18. The van der Waals surface area contributed by atoms with Crippen molar-refractivity contribution in [2.45, 2.75) is 26.7 Å². The number of Topliss-reactive ketones (excluding diaryl/α,β-unsaturated/α-hetero) is 1. The molecule has 0 fully saturated rings. The van der Waals surface area contributed by atoms with Gasteiger partial charge in [-0.2, -0.15) is 0 Å². The van der Waals surface area contributed by atoms with Gasteiger partial charge in [-0.1, -0.05) is 13.8 Å². The van der Waals surface area contributed by atoms with Gasteiger partial charge in [0, 0.05) is 24.5 Å². The number of hydrogen-bond donors (Lipinski definition) is 1. The maximum Gasteiger partial charge on any atom is 0.250 e. The fraction of sp³-hybridized carbons (Fsp3) is 0.300. The molecule has 3 aromatic rings. The van der Waals surface area contributed by atoms with Crippen LogP contribution in [0.25, 0.3) is 5.95 Å². The van der Waals surface area contributed by atoms with E-state index in [9.17, 15) is 4.79 Å². The lowest BCUT2D eigenvalue weighted by molar-refractivity contribution is 0.0911. The number of ketones is 1. The van der Waals surface area contributed by atoms with E-state index in [0.717, 1.165) is 23.6 Å². The van der Waals surface area contributed by atoms with Gasteiger partial charge in [0.25, 0.3) is 5.95 Å². The van der Waals surface area contributed by atoms with E-state index in [0.29, 0.717) is 23.8 Å². The van der Waals surface area contributed by atoms with Crippen molar-refractivity contribution >= 4 is 17.3 Å². The molecule has 0 saturated heterocycles. The topological polar surface area (TPSA) is 81.9 Å². The highest BCUT2D eigenvalue weighted by Gasteiger charge is 2.37. The number of benzene rings is 1. The van der Waals surface area contributed by atoms with Gasteiger partial charge in [0.15, 0.2) is 11.6 Å². The second-order valence-corrected chi connectivity index (χ2v) is 7.43. The Morgan fingerprint density at radius 1 is 1.11 bits per heavy atom. The molecule has 0 spiro atoms. The first-order valence-corrected chi connectivity index (χ1v) is 8.80. The summed E-state index contributed by atoms with van der Waals surface area (Å²) in [6, 6.07) is 9.25. The van der Waals surface area contributed by atoms with Gasteiger partial charge in [-0.25, -0.2) is 14.6 Å². The molecule has 0 saturated carbocycles. The quantitative estimate of drug-likeness (QED) is 0.763. The van der Waals surface area contributed by atoms with E-state index >= 15 is 0 Å². The Morgan fingerprint density at radius 3 is 2.48 bits per heavy atom. The summed E-state index contributed by atoms with van der Waals surface area (Å²) in [5.41, 5.74) is 2.17. The first-order chi connectivity index (χ1) is 13.0. The normalized spacial score (nSPS) is 15.3. The summed E-state index contributed by atoms with van der Waals surface area (Å²) < 4.78 is 6.87. The van der Waals surface area contributed by atoms with Crippen molar-refractivity contribution in [3.8, 4) is 11.7 Å². The molecule has 4 rings (SSSR count). The van der Waals surface area contributed by atoms with Crippen molar-refractivity contribution in [1.29, 1.82) is 0 Å². The number of methoxy groups -OCH3 is 1. The Morgan fingerprint density at radius 2 is 1.81 bits per heavy atom. The van der Waals surface area contributed by atoms with Gasteiger partial charge in [-0.3, -0.25) is 4.79 Å². The summed E-state index contributed by atoms with van der Waals surface area (Å²) >= 11 is 0. The summed E-state index contributed by atoms with van der Waals surface area (Å²) in [6.07, 6.45) is 4.55. The number of rotatable bonds is 4. The first kappa shape index (κ1) is 17.2. The van der Waals surface area contributed by atoms with Crippen LogP contribution in [-0.4, -0.2) is 32.6 Å². The molecule has 0 radical (unpaired) electrons. The summed E-state index contributed by atoms with van der Waals surface area (Å²) in [4.78, 5) is 21.5. The zero-order chi connectivity index (χ0) is 19.0. The largest absolute Gasteiger partial charge is 0.497 e. The molecule has 138 valence electrons. The fourth-order valence-electron chi connectivity index (χ4n) is 3.41. The van der Waals surface area contributed by atoms with Gasteiger partial charge in [-0.05, 0) is 42.2 Å². The molecular formula is C20H21N5O2. The summed E-state index contributed by atoms with van der Waals surface area (Å²) in [7, 11) is 1.63. The zero-order valence-corrected chi connectivity index (χ0v) is 15.6. The average molecular weight is 363 g/mol. The van der Waals surface area contributed by atoms with Crippen molar-refractivity contribution in [2.24, 2.45) is 5.41 Å². The van der Waals surface area contributed by atoms with Crippen LogP contribution in [0.15, 0.2) is 42.7 Å². The van der Waals surface area contributed by atoms with Crippen molar-refractivity contribution in [3.05, 3.63) is 54.0 Å². The SMILES string of the molecule is COc1ccc(Nc2nn(-c3ncccn3)c3c2C(=O)CC(C)(C)C3)cc1. The van der Waals surface area contributed by atoms with Gasteiger partial charge in [0.05, 0.1) is 18.4 Å². The number of ether oxygens (including phenoxy) is 1. The van der Waals surface area contributed by atoms with Crippen LogP contribution in [0.3, 0.4) is 0 Å². The molecule has 1 N–H and O–H groups in total. The highest BCUT2D eigenvalue weighted by molar-refractivity contribution is 6.03. The molecule has 1 aliphatic rings. The van der Waals surface area contributed by atoms with Crippen LogP contribution in [0.2, 0.25) is 0 Å². The third kappa shape index (κ3) is 3.28. The van der Waals surface area contributed by atoms with Crippen molar-refractivity contribution in [3.63, 3.8) is 0 Å². The lowest BCUT2D eigenvalue weighted by Gasteiger charge is -2.28. The first-order valence-electron chi connectivity index (χ1n) is 8.80. The molecule has 0 aliphatic heterocycles. The van der Waals surface area contributed by atoms with E-state index in [4.69, 9.17) is 4.74 Å². The highest BCUT2D eigenvalue weighted by atomic mass is 16.5. The van der Waals surface area contributed by atoms with Gasteiger partial charge in [0.1, 0.15) is 5.75 Å².